The second kappa shape index (κ2) is 20.5. The van der Waals surface area contributed by atoms with Gasteiger partial charge in [0.2, 0.25) is 0 Å². The average molecular weight is 839 g/mol. The van der Waals surface area contributed by atoms with Crippen LogP contribution in [0, 0.1) is 0 Å². The molecule has 254 valence electrons. The molecule has 4 aromatic carbocycles. The van der Waals surface area contributed by atoms with Gasteiger partial charge in [0, 0.05) is 24.3 Å². The molecule has 0 fully saturated rings. The van der Waals surface area contributed by atoms with Crippen LogP contribution < -0.4 is 0 Å². The van der Waals surface area contributed by atoms with Gasteiger partial charge in [-0.15, -0.1) is 0 Å². The fraction of sp³-hybridized carbons (Fsp3) is 0.316. The minimum atomic E-state index is -1.62. The number of benzene rings is 4. The van der Waals surface area contributed by atoms with Crippen molar-refractivity contribution in [3.05, 3.63) is 109 Å². The molecule has 4 aromatic rings. The Labute approximate surface area is 305 Å². The fourth-order valence-corrected chi connectivity index (χ4v) is 6.44. The Bertz CT molecular complexity index is 1440. The van der Waals surface area contributed by atoms with Crippen LogP contribution in [0.5, 0.6) is 0 Å². The number of halogens is 2. The van der Waals surface area contributed by atoms with Gasteiger partial charge in [0.05, 0.1) is 22.8 Å². The Kier molecular flexibility index (Phi) is 17.2. The molecule has 4 rings (SSSR count). The van der Waals surface area contributed by atoms with Crippen LogP contribution >= 0.6 is 28.5 Å². The summed E-state index contributed by atoms with van der Waals surface area (Å²) in [7, 11) is -1.98. The van der Waals surface area contributed by atoms with Crippen LogP contribution in [-0.2, 0) is 19.7 Å². The van der Waals surface area contributed by atoms with Crippen LogP contribution in [0.4, 0.5) is 11.4 Å². The van der Waals surface area contributed by atoms with Gasteiger partial charge in [-0.2, -0.15) is 0 Å². The second-order valence-corrected chi connectivity index (χ2v) is 27.1. The molecule has 0 heterocycles. The van der Waals surface area contributed by atoms with Gasteiger partial charge in [0.25, 0.3) is 0 Å². The SMILES string of the molecule is C[Si](C)(C)OCCCC(=Nc1ccccc1-c1ccccc1)C(CCCO[Si](C)(C)C)=Nc1ccccc1-c1ccccc1.[Br][Ni][Br]. The Hall–Kier alpha value is -1.97. The van der Waals surface area contributed by atoms with E-state index in [9.17, 15) is 0 Å². The molecule has 0 aliphatic heterocycles. The van der Waals surface area contributed by atoms with Crippen LogP contribution in [0.2, 0.25) is 39.3 Å². The number of hydrogen-bond donors (Lipinski definition) is 0. The van der Waals surface area contributed by atoms with E-state index in [4.69, 9.17) is 18.8 Å². The first-order valence-electron chi connectivity index (χ1n) is 16.1. The van der Waals surface area contributed by atoms with E-state index in [1.54, 1.807) is 0 Å². The van der Waals surface area contributed by atoms with Gasteiger partial charge in [0.1, 0.15) is 0 Å². The topological polar surface area (TPSA) is 43.2 Å². The predicted molar refractivity (Wildman–Crippen MR) is 213 cm³/mol. The maximum absolute atomic E-state index is 6.26. The molecular formula is C38H48Br2N2NiO2Si2. The van der Waals surface area contributed by atoms with Gasteiger partial charge < -0.3 is 8.85 Å². The zero-order valence-corrected chi connectivity index (χ0v) is 34.6. The van der Waals surface area contributed by atoms with E-state index in [0.717, 1.165) is 83.9 Å². The molecule has 0 bridgehead atoms. The van der Waals surface area contributed by atoms with E-state index in [-0.39, 0.29) is 0 Å². The zero-order valence-electron chi connectivity index (χ0n) is 28.4. The summed E-state index contributed by atoms with van der Waals surface area (Å²) in [4.78, 5) is 10.8. The Morgan fingerprint density at radius 1 is 0.532 bits per heavy atom. The van der Waals surface area contributed by atoms with E-state index >= 15 is 0 Å². The molecule has 47 heavy (non-hydrogen) atoms. The summed E-state index contributed by atoms with van der Waals surface area (Å²) in [5.41, 5.74) is 8.51. The molecule has 0 N–H and O–H groups in total. The summed E-state index contributed by atoms with van der Waals surface area (Å²) in [6.45, 7) is 14.9. The van der Waals surface area contributed by atoms with Crippen molar-refractivity contribution in [1.82, 2.24) is 0 Å². The van der Waals surface area contributed by atoms with Crippen molar-refractivity contribution in [2.45, 2.75) is 65.0 Å². The first-order chi connectivity index (χ1) is 22.5. The molecular weight excluding hydrogens is 791 g/mol. The Morgan fingerprint density at radius 3 is 1.19 bits per heavy atom. The molecule has 0 amide bonds. The van der Waals surface area contributed by atoms with E-state index in [1.165, 1.54) is 10.9 Å². The number of para-hydroxylation sites is 2. The summed E-state index contributed by atoms with van der Waals surface area (Å²) in [5.74, 6) is 0. The summed E-state index contributed by atoms with van der Waals surface area (Å²) < 4.78 is 12.5. The number of aliphatic imine (C=N–C) groups is 2. The van der Waals surface area contributed by atoms with Gasteiger partial charge in [-0.05, 0) is 88.2 Å². The molecule has 0 saturated carbocycles. The summed E-state index contributed by atoms with van der Waals surface area (Å²) in [6.07, 6.45) is 3.35. The van der Waals surface area contributed by atoms with Crippen molar-refractivity contribution < 1.29 is 19.7 Å². The van der Waals surface area contributed by atoms with Gasteiger partial charge in [-0.3, -0.25) is 9.98 Å². The monoisotopic (exact) mass is 836 g/mol. The second-order valence-electron chi connectivity index (χ2n) is 13.1. The van der Waals surface area contributed by atoms with Gasteiger partial charge in [0.15, 0.2) is 16.6 Å². The van der Waals surface area contributed by atoms with Gasteiger partial charge in [-0.1, -0.05) is 97.1 Å². The molecule has 0 radical (unpaired) electrons. The molecule has 0 unspecified atom stereocenters. The summed E-state index contributed by atoms with van der Waals surface area (Å²) >= 11 is 6.00. The standard InChI is InChI=1S/C38H48N2O2Si2.2BrH.Ni/c1-43(2,3)41-29-17-27-37(39-35-25-15-13-23-33(35)31-19-9-7-10-20-31)38(28-18-30-42-44(4,5)6)40-36-26-16-14-24-34(36)32-21-11-8-12-22-32;;;/h7-16,19-26H,17-18,27-30H2,1-6H3;2*1H;/q;;;+2/p-2. The summed E-state index contributed by atoms with van der Waals surface area (Å²) in [5, 5.41) is 0. The molecule has 0 aliphatic rings. The number of hydrogen-bond acceptors (Lipinski definition) is 4. The molecule has 0 atom stereocenters. The normalized spacial score (nSPS) is 12.5. The van der Waals surface area contributed by atoms with Crippen molar-refractivity contribution in [3.8, 4) is 22.3 Å². The van der Waals surface area contributed by atoms with Crippen LogP contribution in [-0.4, -0.2) is 41.3 Å². The molecule has 0 saturated heterocycles. The van der Waals surface area contributed by atoms with E-state index in [2.05, 4.69) is 177 Å². The van der Waals surface area contributed by atoms with Crippen molar-refractivity contribution in [1.29, 1.82) is 0 Å². The van der Waals surface area contributed by atoms with E-state index in [0.29, 0.717) is 0 Å². The summed E-state index contributed by atoms with van der Waals surface area (Å²) in [6, 6.07) is 37.9. The molecule has 0 aliphatic carbocycles. The van der Waals surface area contributed by atoms with Crippen LogP contribution in [0.25, 0.3) is 22.3 Å². The van der Waals surface area contributed by atoms with Gasteiger partial charge >= 0.3 is 39.3 Å². The van der Waals surface area contributed by atoms with Crippen LogP contribution in [0.15, 0.2) is 119 Å². The first-order valence-corrected chi connectivity index (χ1v) is 27.8. The first kappa shape index (κ1) is 39.5. The third kappa shape index (κ3) is 15.0. The Morgan fingerprint density at radius 2 is 0.851 bits per heavy atom. The Balaban J connectivity index is 0.00000192. The van der Waals surface area contributed by atoms with Crippen molar-refractivity contribution in [3.63, 3.8) is 0 Å². The van der Waals surface area contributed by atoms with E-state index in [1.807, 2.05) is 0 Å². The molecule has 0 aromatic heterocycles. The number of nitrogens with zero attached hydrogens (tertiary/aromatic N) is 2. The fourth-order valence-electron chi connectivity index (χ4n) is 4.92. The predicted octanol–water partition coefficient (Wildman–Crippen LogP) is 12.8. The van der Waals surface area contributed by atoms with Gasteiger partial charge in [-0.25, -0.2) is 0 Å². The molecule has 9 heteroatoms. The number of rotatable bonds is 15. The van der Waals surface area contributed by atoms with Crippen molar-refractivity contribution in [2.75, 3.05) is 13.2 Å². The third-order valence-electron chi connectivity index (χ3n) is 7.01. The molecule has 4 nitrogen and oxygen atoms in total. The van der Waals surface area contributed by atoms with Crippen molar-refractivity contribution >= 4 is 67.9 Å². The van der Waals surface area contributed by atoms with E-state index < -0.39 is 16.6 Å². The van der Waals surface area contributed by atoms with Crippen LogP contribution in [0.1, 0.15) is 25.7 Å². The average Bonchev–Trinajstić information content (AvgIpc) is 3.05. The minimum absolute atomic E-state index is 0.724. The maximum atomic E-state index is 6.26. The van der Waals surface area contributed by atoms with Crippen LogP contribution in [0.3, 0.4) is 0 Å². The molecule has 0 spiro atoms. The van der Waals surface area contributed by atoms with Crippen molar-refractivity contribution in [2.24, 2.45) is 9.98 Å². The zero-order chi connectivity index (χ0) is 34.1. The third-order valence-corrected chi connectivity index (χ3v) is 9.15. The quantitative estimate of drug-likeness (QED) is 0.0680.